The van der Waals surface area contributed by atoms with Crippen LogP contribution in [0, 0.1) is 5.92 Å². The monoisotopic (exact) mass is 552 g/mol. The fraction of sp³-hybridized carbons (Fsp3) is 0.407. The topological polar surface area (TPSA) is 208 Å². The van der Waals surface area contributed by atoms with Gasteiger partial charge in [-0.2, -0.15) is 0 Å². The van der Waals surface area contributed by atoms with E-state index in [0.29, 0.717) is 17.8 Å². The van der Waals surface area contributed by atoms with Crippen molar-refractivity contribution in [1.29, 1.82) is 0 Å². The van der Waals surface area contributed by atoms with Crippen LogP contribution in [0.2, 0.25) is 0 Å². The Morgan fingerprint density at radius 3 is 1.90 bits per heavy atom. The van der Waals surface area contributed by atoms with Gasteiger partial charge in [-0.15, -0.1) is 0 Å². The summed E-state index contributed by atoms with van der Waals surface area (Å²) < 4.78 is 0. The third kappa shape index (κ3) is 9.34. The lowest BCUT2D eigenvalue weighted by molar-refractivity contribution is -0.142. The molecule has 13 nitrogen and oxygen atoms in total. The quantitative estimate of drug-likeness (QED) is 0.137. The summed E-state index contributed by atoms with van der Waals surface area (Å²) in [5.74, 6) is -2.98. The maximum Gasteiger partial charge on any atom is 0.326 e. The first-order valence-corrected chi connectivity index (χ1v) is 13.0. The van der Waals surface area contributed by atoms with Crippen LogP contribution in [0.15, 0.2) is 55.4 Å². The number of carbonyl (C=O) groups is 4. The summed E-state index contributed by atoms with van der Waals surface area (Å²) in [5.41, 5.74) is 8.01. The van der Waals surface area contributed by atoms with E-state index in [2.05, 4.69) is 35.9 Å². The SMILES string of the molecule is CC(C)CC(NC(=O)C(N)Cc1cnc[nH]1)C(=O)NC(Cc1cnc[nH]1)C(=O)NC(Cc1ccccc1)C(=O)O. The number of carbonyl (C=O) groups excluding carboxylic acids is 3. The zero-order valence-corrected chi connectivity index (χ0v) is 22.5. The molecule has 0 aliphatic rings. The molecule has 1 aromatic carbocycles. The Morgan fingerprint density at radius 2 is 1.35 bits per heavy atom. The van der Waals surface area contributed by atoms with Crippen LogP contribution >= 0.6 is 0 Å². The summed E-state index contributed by atoms with van der Waals surface area (Å²) in [4.78, 5) is 65.1. The number of nitrogens with zero attached hydrogens (tertiary/aromatic N) is 2. The standard InChI is InChI=1S/C27H36N8O5/c1-16(2)8-21(33-24(36)20(28)10-18-12-29-14-31-18)25(37)34-22(11-19-13-30-15-32-19)26(38)35-23(27(39)40)9-17-6-4-3-5-7-17/h3-7,12-16,20-23H,8-11,28H2,1-2H3,(H,29,31)(H,30,32)(H,33,36)(H,34,37)(H,35,38)(H,39,40). The van der Waals surface area contributed by atoms with Crippen molar-refractivity contribution >= 4 is 23.7 Å². The third-order valence-corrected chi connectivity index (χ3v) is 6.18. The number of H-pyrrole nitrogens is 2. The molecular weight excluding hydrogens is 516 g/mol. The Bertz CT molecular complexity index is 1230. The summed E-state index contributed by atoms with van der Waals surface area (Å²) in [6.07, 6.45) is 6.56. The van der Waals surface area contributed by atoms with Crippen LogP contribution in [0.4, 0.5) is 0 Å². The van der Waals surface area contributed by atoms with Gasteiger partial charge in [0.25, 0.3) is 0 Å². The number of nitrogens with one attached hydrogen (secondary N) is 5. The predicted octanol–water partition coefficient (Wildman–Crippen LogP) is 0.0731. The van der Waals surface area contributed by atoms with E-state index in [4.69, 9.17) is 5.73 Å². The van der Waals surface area contributed by atoms with Crippen LogP contribution < -0.4 is 21.7 Å². The van der Waals surface area contributed by atoms with Gasteiger partial charge in [0.15, 0.2) is 0 Å². The highest BCUT2D eigenvalue weighted by Crippen LogP contribution is 2.09. The van der Waals surface area contributed by atoms with Crippen molar-refractivity contribution in [2.24, 2.45) is 11.7 Å². The average Bonchev–Trinajstić information content (AvgIpc) is 3.62. The first kappa shape index (κ1) is 30.0. The molecule has 13 heteroatoms. The smallest absolute Gasteiger partial charge is 0.326 e. The highest BCUT2D eigenvalue weighted by molar-refractivity contribution is 5.94. The number of hydrogen-bond acceptors (Lipinski definition) is 7. The molecule has 0 bridgehead atoms. The fourth-order valence-electron chi connectivity index (χ4n) is 4.13. The number of benzene rings is 1. The lowest BCUT2D eigenvalue weighted by atomic mass is 10.0. The average molecular weight is 553 g/mol. The van der Waals surface area contributed by atoms with Crippen LogP contribution in [0.1, 0.15) is 37.2 Å². The number of imidazole rings is 2. The summed E-state index contributed by atoms with van der Waals surface area (Å²) in [5, 5.41) is 17.7. The maximum atomic E-state index is 13.4. The van der Waals surface area contributed by atoms with Crippen LogP contribution in [0.5, 0.6) is 0 Å². The lowest BCUT2D eigenvalue weighted by Gasteiger charge is -2.26. The zero-order chi connectivity index (χ0) is 29.1. The highest BCUT2D eigenvalue weighted by Gasteiger charge is 2.31. The van der Waals surface area contributed by atoms with Crippen molar-refractivity contribution in [3.63, 3.8) is 0 Å². The molecule has 8 N–H and O–H groups in total. The Hall–Kier alpha value is -4.52. The first-order chi connectivity index (χ1) is 19.1. The van der Waals surface area contributed by atoms with Crippen LogP contribution in [0.25, 0.3) is 0 Å². The summed E-state index contributed by atoms with van der Waals surface area (Å²) >= 11 is 0. The molecule has 0 fully saturated rings. The number of aromatic nitrogens is 4. The molecule has 0 saturated carbocycles. The molecule has 0 aliphatic carbocycles. The minimum absolute atomic E-state index is 0.0247. The number of rotatable bonds is 15. The molecule has 3 rings (SSSR count). The Labute approximate surface area is 231 Å². The number of carboxylic acids is 1. The molecule has 0 spiro atoms. The van der Waals surface area contributed by atoms with Crippen molar-refractivity contribution in [2.75, 3.05) is 0 Å². The van der Waals surface area contributed by atoms with Gasteiger partial charge in [-0.25, -0.2) is 14.8 Å². The predicted molar refractivity (Wildman–Crippen MR) is 146 cm³/mol. The normalized spacial score (nSPS) is 14.1. The second kappa shape index (κ2) is 14.6. The van der Waals surface area contributed by atoms with E-state index in [1.54, 1.807) is 30.5 Å². The Balaban J connectivity index is 1.73. The van der Waals surface area contributed by atoms with Gasteiger partial charge in [-0.05, 0) is 17.9 Å². The molecule has 0 aliphatic heterocycles. The highest BCUT2D eigenvalue weighted by atomic mass is 16.4. The first-order valence-electron chi connectivity index (χ1n) is 13.0. The van der Waals surface area contributed by atoms with Gasteiger partial charge >= 0.3 is 5.97 Å². The largest absolute Gasteiger partial charge is 0.480 e. The van der Waals surface area contributed by atoms with Crippen molar-refractivity contribution in [3.8, 4) is 0 Å². The molecule has 3 aromatic rings. The molecule has 4 atom stereocenters. The van der Waals surface area contributed by atoms with Gasteiger partial charge in [-0.1, -0.05) is 44.2 Å². The van der Waals surface area contributed by atoms with E-state index in [1.807, 2.05) is 19.9 Å². The number of nitrogens with two attached hydrogens (primary N) is 1. The van der Waals surface area contributed by atoms with Crippen molar-refractivity contribution in [3.05, 3.63) is 72.3 Å². The third-order valence-electron chi connectivity index (χ3n) is 6.18. The zero-order valence-electron chi connectivity index (χ0n) is 22.5. The van der Waals surface area contributed by atoms with E-state index < -0.39 is 47.9 Å². The van der Waals surface area contributed by atoms with E-state index in [9.17, 15) is 24.3 Å². The number of carboxylic acid groups (broad SMARTS) is 1. The molecular formula is C27H36N8O5. The number of amides is 3. The van der Waals surface area contributed by atoms with E-state index in [0.717, 1.165) is 5.56 Å². The van der Waals surface area contributed by atoms with Gasteiger partial charge < -0.3 is 36.8 Å². The van der Waals surface area contributed by atoms with Crippen molar-refractivity contribution in [1.82, 2.24) is 35.9 Å². The van der Waals surface area contributed by atoms with Crippen LogP contribution in [0.3, 0.4) is 0 Å². The second-order valence-electron chi connectivity index (χ2n) is 10.0. The molecule has 40 heavy (non-hydrogen) atoms. The Morgan fingerprint density at radius 1 is 0.800 bits per heavy atom. The molecule has 4 unspecified atom stereocenters. The van der Waals surface area contributed by atoms with Crippen molar-refractivity contribution < 1.29 is 24.3 Å². The number of aromatic amines is 2. The van der Waals surface area contributed by atoms with Gasteiger partial charge in [0.1, 0.15) is 18.1 Å². The fourth-order valence-corrected chi connectivity index (χ4v) is 4.13. The van der Waals surface area contributed by atoms with Crippen molar-refractivity contribution in [2.45, 2.75) is 63.7 Å². The number of aliphatic carboxylic acids is 1. The molecule has 3 amide bonds. The van der Waals surface area contributed by atoms with Gasteiger partial charge in [0.05, 0.1) is 18.7 Å². The number of hydrogen-bond donors (Lipinski definition) is 7. The van der Waals surface area contributed by atoms with Crippen LogP contribution in [-0.2, 0) is 38.4 Å². The minimum Gasteiger partial charge on any atom is -0.480 e. The van der Waals surface area contributed by atoms with Gasteiger partial charge in [0, 0.05) is 43.0 Å². The Kier molecular flexibility index (Phi) is 10.9. The molecule has 2 heterocycles. The summed E-state index contributed by atoms with van der Waals surface area (Å²) in [7, 11) is 0. The minimum atomic E-state index is -1.22. The van der Waals surface area contributed by atoms with E-state index >= 15 is 0 Å². The van der Waals surface area contributed by atoms with Crippen LogP contribution in [-0.4, -0.2) is 72.9 Å². The molecule has 2 aromatic heterocycles. The molecule has 0 radical (unpaired) electrons. The van der Waals surface area contributed by atoms with Gasteiger partial charge in [0.2, 0.25) is 17.7 Å². The molecule has 0 saturated heterocycles. The maximum absolute atomic E-state index is 13.4. The second-order valence-corrected chi connectivity index (χ2v) is 10.0. The summed E-state index contributed by atoms with van der Waals surface area (Å²) in [6, 6.07) is 4.63. The van der Waals surface area contributed by atoms with E-state index in [1.165, 1.54) is 18.9 Å². The van der Waals surface area contributed by atoms with Gasteiger partial charge in [-0.3, -0.25) is 14.4 Å². The summed E-state index contributed by atoms with van der Waals surface area (Å²) in [6.45, 7) is 3.79. The molecule has 214 valence electrons. The lowest BCUT2D eigenvalue weighted by Crippen LogP contribution is -2.58. The van der Waals surface area contributed by atoms with E-state index in [-0.39, 0.29) is 25.2 Å².